The number of anilines is 2. The van der Waals surface area contributed by atoms with Gasteiger partial charge in [-0.2, -0.15) is 15.0 Å². The summed E-state index contributed by atoms with van der Waals surface area (Å²) in [4.78, 5) is 16.5. The van der Waals surface area contributed by atoms with Crippen LogP contribution in [0.3, 0.4) is 0 Å². The Morgan fingerprint density at radius 2 is 2.05 bits per heavy atom. The van der Waals surface area contributed by atoms with Gasteiger partial charge in [-0.3, -0.25) is 4.90 Å². The molecule has 106 valence electrons. The fourth-order valence-electron chi connectivity index (χ4n) is 2.13. The lowest BCUT2D eigenvalue weighted by atomic mass is 10.4. The van der Waals surface area contributed by atoms with E-state index in [2.05, 4.69) is 24.8 Å². The topological polar surface area (TPSA) is 101 Å². The number of ether oxygens (including phenoxy) is 1. The first kappa shape index (κ1) is 13.8. The van der Waals surface area contributed by atoms with E-state index < -0.39 is 0 Å². The van der Waals surface area contributed by atoms with Gasteiger partial charge >= 0.3 is 6.01 Å². The third-order valence-corrected chi connectivity index (χ3v) is 3.09. The molecule has 1 aliphatic rings. The van der Waals surface area contributed by atoms with Crippen molar-refractivity contribution >= 4 is 11.9 Å². The highest BCUT2D eigenvalue weighted by atomic mass is 16.5. The zero-order chi connectivity index (χ0) is 13.7. The third kappa shape index (κ3) is 3.65. The Morgan fingerprint density at radius 1 is 1.21 bits per heavy atom. The van der Waals surface area contributed by atoms with Gasteiger partial charge in [0, 0.05) is 26.2 Å². The molecule has 0 atom stereocenters. The maximum absolute atomic E-state index is 8.98. The minimum absolute atomic E-state index is 0.165. The molecule has 0 amide bonds. The fraction of sp³-hybridized carbons (Fsp3) is 0.727. The van der Waals surface area contributed by atoms with Crippen molar-refractivity contribution in [3.63, 3.8) is 0 Å². The van der Waals surface area contributed by atoms with E-state index in [1.807, 2.05) is 0 Å². The summed E-state index contributed by atoms with van der Waals surface area (Å²) in [7, 11) is 1.50. The molecule has 1 aromatic rings. The van der Waals surface area contributed by atoms with Crippen LogP contribution in [0.15, 0.2) is 0 Å². The van der Waals surface area contributed by atoms with Gasteiger partial charge in [-0.05, 0) is 13.0 Å². The lowest BCUT2D eigenvalue weighted by Crippen LogP contribution is -2.33. The second kappa shape index (κ2) is 6.48. The van der Waals surface area contributed by atoms with Crippen LogP contribution in [0.5, 0.6) is 6.01 Å². The quantitative estimate of drug-likeness (QED) is 0.714. The molecule has 0 bridgehead atoms. The van der Waals surface area contributed by atoms with Gasteiger partial charge in [-0.15, -0.1) is 0 Å². The van der Waals surface area contributed by atoms with Crippen LogP contribution in [0.25, 0.3) is 0 Å². The number of rotatable bonds is 4. The summed E-state index contributed by atoms with van der Waals surface area (Å²) >= 11 is 0. The Balaban J connectivity index is 2.07. The molecule has 0 unspecified atom stereocenters. The normalized spacial score (nSPS) is 17.3. The molecule has 1 aromatic heterocycles. The molecule has 3 N–H and O–H groups in total. The van der Waals surface area contributed by atoms with Crippen LogP contribution in [0.1, 0.15) is 6.42 Å². The number of hydrogen-bond acceptors (Lipinski definition) is 8. The predicted octanol–water partition coefficient (Wildman–Crippen LogP) is -1.03. The third-order valence-electron chi connectivity index (χ3n) is 3.09. The predicted molar refractivity (Wildman–Crippen MR) is 71.1 cm³/mol. The molecule has 1 aliphatic heterocycles. The van der Waals surface area contributed by atoms with Gasteiger partial charge in [-0.1, -0.05) is 0 Å². The SMILES string of the molecule is COc1nc(N)nc(N2CCCN(CCO)CC2)n1. The van der Waals surface area contributed by atoms with E-state index in [4.69, 9.17) is 15.6 Å². The number of nitrogens with two attached hydrogens (primary N) is 1. The van der Waals surface area contributed by atoms with Crippen LogP contribution in [0, 0.1) is 0 Å². The highest BCUT2D eigenvalue weighted by molar-refractivity contribution is 5.36. The van der Waals surface area contributed by atoms with Gasteiger partial charge in [0.05, 0.1) is 13.7 Å². The Labute approximate surface area is 112 Å². The first-order valence-electron chi connectivity index (χ1n) is 6.36. The van der Waals surface area contributed by atoms with Crippen LogP contribution in [0.4, 0.5) is 11.9 Å². The zero-order valence-corrected chi connectivity index (χ0v) is 11.1. The first-order valence-corrected chi connectivity index (χ1v) is 6.36. The summed E-state index contributed by atoms with van der Waals surface area (Å²) in [6.45, 7) is 4.38. The van der Waals surface area contributed by atoms with Crippen LogP contribution in [0.2, 0.25) is 0 Å². The second-order valence-electron chi connectivity index (χ2n) is 4.39. The molecule has 0 spiro atoms. The highest BCUT2D eigenvalue weighted by Gasteiger charge is 2.18. The second-order valence-corrected chi connectivity index (χ2v) is 4.39. The van der Waals surface area contributed by atoms with Crippen LogP contribution >= 0.6 is 0 Å². The summed E-state index contributed by atoms with van der Waals surface area (Å²) < 4.78 is 5.01. The number of aliphatic hydroxyl groups is 1. The standard InChI is InChI=1S/C11H20N6O2/c1-19-11-14-9(12)13-10(15-11)17-4-2-3-16(5-6-17)7-8-18/h18H,2-8H2,1H3,(H2,12,13,14,15). The fourth-order valence-corrected chi connectivity index (χ4v) is 2.13. The van der Waals surface area contributed by atoms with E-state index in [9.17, 15) is 0 Å². The molecule has 8 nitrogen and oxygen atoms in total. The molecular formula is C11H20N6O2. The Hall–Kier alpha value is -1.67. The van der Waals surface area contributed by atoms with Crippen molar-refractivity contribution in [2.24, 2.45) is 0 Å². The van der Waals surface area contributed by atoms with E-state index in [0.29, 0.717) is 12.5 Å². The summed E-state index contributed by atoms with van der Waals surface area (Å²) in [5, 5.41) is 8.98. The Kier molecular flexibility index (Phi) is 4.69. The van der Waals surface area contributed by atoms with Gasteiger partial charge in [0.1, 0.15) is 0 Å². The molecular weight excluding hydrogens is 248 g/mol. The Morgan fingerprint density at radius 3 is 2.79 bits per heavy atom. The number of aliphatic hydroxyl groups excluding tert-OH is 1. The summed E-state index contributed by atoms with van der Waals surface area (Å²) in [6, 6.07) is 0.235. The van der Waals surface area contributed by atoms with Crippen LogP contribution in [-0.2, 0) is 0 Å². The lowest BCUT2D eigenvalue weighted by molar-refractivity contribution is 0.204. The Bertz CT molecular complexity index is 416. The van der Waals surface area contributed by atoms with Crippen molar-refractivity contribution < 1.29 is 9.84 Å². The average molecular weight is 268 g/mol. The van der Waals surface area contributed by atoms with E-state index in [-0.39, 0.29) is 18.6 Å². The van der Waals surface area contributed by atoms with Crippen molar-refractivity contribution in [1.29, 1.82) is 0 Å². The molecule has 1 fully saturated rings. The minimum Gasteiger partial charge on any atom is -0.467 e. The maximum Gasteiger partial charge on any atom is 0.322 e. The molecule has 0 saturated carbocycles. The van der Waals surface area contributed by atoms with Crippen LogP contribution in [-0.4, -0.2) is 71.4 Å². The number of aromatic nitrogens is 3. The minimum atomic E-state index is 0.165. The summed E-state index contributed by atoms with van der Waals surface area (Å²) in [6.07, 6.45) is 0.994. The first-order chi connectivity index (χ1) is 9.22. The number of nitrogens with zero attached hydrogens (tertiary/aromatic N) is 5. The molecule has 2 rings (SSSR count). The molecule has 0 aliphatic carbocycles. The number of nitrogen functional groups attached to an aromatic ring is 1. The smallest absolute Gasteiger partial charge is 0.322 e. The molecule has 0 radical (unpaired) electrons. The number of β-amino-alcohol motifs (C(OH)–C–C–N with tert-alkyl or cyclic N) is 1. The van der Waals surface area contributed by atoms with Crippen LogP contribution < -0.4 is 15.4 Å². The molecule has 19 heavy (non-hydrogen) atoms. The van der Waals surface area contributed by atoms with Crippen molar-refractivity contribution in [1.82, 2.24) is 19.9 Å². The number of hydrogen-bond donors (Lipinski definition) is 2. The monoisotopic (exact) mass is 268 g/mol. The largest absolute Gasteiger partial charge is 0.467 e. The molecule has 0 aromatic carbocycles. The summed E-state index contributed by atoms with van der Waals surface area (Å²) in [5.41, 5.74) is 5.64. The molecule has 1 saturated heterocycles. The van der Waals surface area contributed by atoms with Gasteiger partial charge in [0.2, 0.25) is 11.9 Å². The van der Waals surface area contributed by atoms with E-state index in [1.54, 1.807) is 0 Å². The highest BCUT2D eigenvalue weighted by Crippen LogP contribution is 2.15. The molecule has 2 heterocycles. The van der Waals surface area contributed by atoms with E-state index in [1.165, 1.54) is 7.11 Å². The average Bonchev–Trinajstić information content (AvgIpc) is 2.64. The van der Waals surface area contributed by atoms with Gasteiger partial charge in [0.15, 0.2) is 0 Å². The van der Waals surface area contributed by atoms with Crippen molar-refractivity contribution in [2.45, 2.75) is 6.42 Å². The van der Waals surface area contributed by atoms with E-state index in [0.717, 1.165) is 32.6 Å². The van der Waals surface area contributed by atoms with Crippen molar-refractivity contribution in [3.05, 3.63) is 0 Å². The zero-order valence-electron chi connectivity index (χ0n) is 11.1. The summed E-state index contributed by atoms with van der Waals surface area (Å²) in [5.74, 6) is 0.716. The number of methoxy groups -OCH3 is 1. The lowest BCUT2D eigenvalue weighted by Gasteiger charge is -2.21. The van der Waals surface area contributed by atoms with Crippen molar-refractivity contribution in [3.8, 4) is 6.01 Å². The van der Waals surface area contributed by atoms with Gasteiger partial charge < -0.3 is 20.5 Å². The maximum atomic E-state index is 8.98. The van der Waals surface area contributed by atoms with Gasteiger partial charge in [-0.25, -0.2) is 0 Å². The van der Waals surface area contributed by atoms with E-state index >= 15 is 0 Å². The molecule has 8 heteroatoms. The van der Waals surface area contributed by atoms with Gasteiger partial charge in [0.25, 0.3) is 0 Å². The van der Waals surface area contributed by atoms with Crippen molar-refractivity contribution in [2.75, 3.05) is 57.1 Å².